The Hall–Kier alpha value is -1.55. The predicted octanol–water partition coefficient (Wildman–Crippen LogP) is 2.26. The van der Waals surface area contributed by atoms with Crippen LogP contribution in [-0.2, 0) is 11.2 Å². The van der Waals surface area contributed by atoms with Gasteiger partial charge in [0.15, 0.2) is 0 Å². The molecule has 0 aliphatic heterocycles. The number of hydrogen-bond donors (Lipinski definition) is 1. The van der Waals surface area contributed by atoms with Gasteiger partial charge in [0.2, 0.25) is 0 Å². The summed E-state index contributed by atoms with van der Waals surface area (Å²) in [6, 6.07) is 4.11. The highest BCUT2D eigenvalue weighted by atomic mass is 16.5. The van der Waals surface area contributed by atoms with E-state index >= 15 is 0 Å². The smallest absolute Gasteiger partial charge is 0.304 e. The first-order valence-electron chi connectivity index (χ1n) is 6.37. The molecule has 0 aromatic heterocycles. The number of carbonyl (C=O) groups is 1. The molecule has 0 heterocycles. The van der Waals surface area contributed by atoms with E-state index in [4.69, 9.17) is 9.84 Å². The van der Waals surface area contributed by atoms with Crippen molar-refractivity contribution < 1.29 is 14.6 Å². The topological polar surface area (TPSA) is 49.8 Å². The highest BCUT2D eigenvalue weighted by Gasteiger charge is 2.19. The molecular formula is C15H23NO3. The van der Waals surface area contributed by atoms with Gasteiger partial charge >= 0.3 is 5.97 Å². The van der Waals surface area contributed by atoms with Gasteiger partial charge in [-0.2, -0.15) is 0 Å². The van der Waals surface area contributed by atoms with Crippen LogP contribution in [0.25, 0.3) is 0 Å². The van der Waals surface area contributed by atoms with E-state index in [1.54, 1.807) is 7.11 Å². The van der Waals surface area contributed by atoms with Crippen LogP contribution in [0.15, 0.2) is 12.1 Å². The Morgan fingerprint density at radius 3 is 2.47 bits per heavy atom. The Balaban J connectivity index is 3.04. The van der Waals surface area contributed by atoms with Gasteiger partial charge in [0.25, 0.3) is 0 Å². The van der Waals surface area contributed by atoms with Gasteiger partial charge in [0.05, 0.1) is 13.5 Å². The normalized spacial score (nSPS) is 12.5. The number of aliphatic carboxylic acids is 1. The number of carboxylic acid groups (broad SMARTS) is 1. The summed E-state index contributed by atoms with van der Waals surface area (Å²) >= 11 is 0. The molecular weight excluding hydrogens is 242 g/mol. The fourth-order valence-electron chi connectivity index (χ4n) is 2.38. The van der Waals surface area contributed by atoms with Crippen molar-refractivity contribution in [3.63, 3.8) is 0 Å². The lowest BCUT2D eigenvalue weighted by Gasteiger charge is -2.24. The van der Waals surface area contributed by atoms with Crippen molar-refractivity contribution in [3.05, 3.63) is 28.8 Å². The van der Waals surface area contributed by atoms with Gasteiger partial charge in [0.1, 0.15) is 5.75 Å². The molecule has 1 rings (SSSR count). The number of aryl methyl sites for hydroxylation is 2. The van der Waals surface area contributed by atoms with Gasteiger partial charge in [-0.05, 0) is 45.5 Å². The van der Waals surface area contributed by atoms with Crippen LogP contribution in [-0.4, -0.2) is 43.2 Å². The molecule has 1 N–H and O–H groups in total. The maximum absolute atomic E-state index is 10.9. The highest BCUT2D eigenvalue weighted by Crippen LogP contribution is 2.27. The van der Waals surface area contributed by atoms with Crippen molar-refractivity contribution in [2.75, 3.05) is 21.2 Å². The van der Waals surface area contributed by atoms with E-state index in [1.807, 2.05) is 32.8 Å². The van der Waals surface area contributed by atoms with Crippen LogP contribution in [0.3, 0.4) is 0 Å². The zero-order valence-corrected chi connectivity index (χ0v) is 12.4. The van der Waals surface area contributed by atoms with Crippen molar-refractivity contribution >= 4 is 5.97 Å². The average Bonchev–Trinajstić information content (AvgIpc) is 2.26. The van der Waals surface area contributed by atoms with Crippen LogP contribution < -0.4 is 4.74 Å². The summed E-state index contributed by atoms with van der Waals surface area (Å²) in [4.78, 5) is 12.9. The number of likely N-dealkylation sites (N-methyl/N-ethyl adjacent to an activating group) is 1. The molecule has 4 heteroatoms. The zero-order valence-electron chi connectivity index (χ0n) is 12.4. The van der Waals surface area contributed by atoms with E-state index in [9.17, 15) is 4.79 Å². The average molecular weight is 265 g/mol. The van der Waals surface area contributed by atoms with Gasteiger partial charge in [0, 0.05) is 6.04 Å². The molecule has 0 bridgehead atoms. The first-order chi connectivity index (χ1) is 8.85. The summed E-state index contributed by atoms with van der Waals surface area (Å²) in [5.74, 6) is 0.0879. The molecule has 0 amide bonds. The minimum absolute atomic E-state index is 0.0346. The van der Waals surface area contributed by atoms with Crippen LogP contribution in [0.1, 0.15) is 23.1 Å². The van der Waals surface area contributed by atoms with E-state index in [-0.39, 0.29) is 12.5 Å². The van der Waals surface area contributed by atoms with Crippen molar-refractivity contribution in [2.45, 2.75) is 32.7 Å². The van der Waals surface area contributed by atoms with Gasteiger partial charge in [-0.1, -0.05) is 17.7 Å². The number of ether oxygens (including phenoxy) is 1. The molecule has 1 atom stereocenters. The molecule has 0 fully saturated rings. The molecule has 1 aromatic rings. The summed E-state index contributed by atoms with van der Waals surface area (Å²) in [6.45, 7) is 4.05. The largest absolute Gasteiger partial charge is 0.496 e. The second-order valence-corrected chi connectivity index (χ2v) is 5.19. The van der Waals surface area contributed by atoms with E-state index in [1.165, 1.54) is 5.56 Å². The second-order valence-electron chi connectivity index (χ2n) is 5.19. The van der Waals surface area contributed by atoms with E-state index < -0.39 is 5.97 Å². The van der Waals surface area contributed by atoms with Crippen LogP contribution >= 0.6 is 0 Å². The fourth-order valence-corrected chi connectivity index (χ4v) is 2.38. The van der Waals surface area contributed by atoms with Crippen LogP contribution in [0.2, 0.25) is 0 Å². The number of methoxy groups -OCH3 is 1. The van der Waals surface area contributed by atoms with Crippen molar-refractivity contribution in [3.8, 4) is 5.75 Å². The van der Waals surface area contributed by atoms with E-state index in [0.29, 0.717) is 6.42 Å². The zero-order chi connectivity index (χ0) is 14.6. The number of benzene rings is 1. The summed E-state index contributed by atoms with van der Waals surface area (Å²) in [7, 11) is 5.47. The standard InChI is InChI=1S/C15H23NO3/c1-10-6-11(2)15(19-5)12(7-10)8-13(16(3)4)9-14(17)18/h6-7,13H,8-9H2,1-5H3,(H,17,18). The molecule has 0 spiro atoms. The molecule has 0 aliphatic carbocycles. The highest BCUT2D eigenvalue weighted by molar-refractivity contribution is 5.67. The van der Waals surface area contributed by atoms with Gasteiger partial charge in [-0.25, -0.2) is 0 Å². The Labute approximate surface area is 115 Å². The SMILES string of the molecule is COc1c(C)cc(C)cc1CC(CC(=O)O)N(C)C. The lowest BCUT2D eigenvalue weighted by atomic mass is 9.97. The number of carboxylic acids is 1. The Bertz CT molecular complexity index is 455. The molecule has 0 radical (unpaired) electrons. The molecule has 19 heavy (non-hydrogen) atoms. The Kier molecular flexibility index (Phi) is 5.36. The third-order valence-corrected chi connectivity index (χ3v) is 3.30. The van der Waals surface area contributed by atoms with Crippen molar-refractivity contribution in [1.82, 2.24) is 4.90 Å². The minimum Gasteiger partial charge on any atom is -0.496 e. The molecule has 106 valence electrons. The molecule has 4 nitrogen and oxygen atoms in total. The Morgan fingerprint density at radius 1 is 1.37 bits per heavy atom. The first kappa shape index (κ1) is 15.5. The minimum atomic E-state index is -0.776. The first-order valence-corrected chi connectivity index (χ1v) is 6.37. The van der Waals surface area contributed by atoms with Crippen molar-refractivity contribution in [1.29, 1.82) is 0 Å². The second kappa shape index (κ2) is 6.57. The molecule has 0 saturated carbocycles. The lowest BCUT2D eigenvalue weighted by Crippen LogP contribution is -2.32. The van der Waals surface area contributed by atoms with Gasteiger partial charge in [-0.3, -0.25) is 4.79 Å². The summed E-state index contributed by atoms with van der Waals surface area (Å²) in [5, 5.41) is 8.99. The number of nitrogens with zero attached hydrogens (tertiary/aromatic N) is 1. The number of rotatable bonds is 6. The van der Waals surface area contributed by atoms with Gasteiger partial charge < -0.3 is 14.7 Å². The molecule has 1 unspecified atom stereocenters. The molecule has 0 aliphatic rings. The fraction of sp³-hybridized carbons (Fsp3) is 0.533. The summed E-state index contributed by atoms with van der Waals surface area (Å²) < 4.78 is 5.45. The quantitative estimate of drug-likeness (QED) is 0.857. The maximum atomic E-state index is 10.9. The van der Waals surface area contributed by atoms with Gasteiger partial charge in [-0.15, -0.1) is 0 Å². The maximum Gasteiger partial charge on any atom is 0.304 e. The molecule has 0 saturated heterocycles. The van der Waals surface area contributed by atoms with Crippen LogP contribution in [0.4, 0.5) is 0 Å². The lowest BCUT2D eigenvalue weighted by molar-refractivity contribution is -0.138. The monoisotopic (exact) mass is 265 g/mol. The predicted molar refractivity (Wildman–Crippen MR) is 75.9 cm³/mol. The van der Waals surface area contributed by atoms with Crippen LogP contribution in [0.5, 0.6) is 5.75 Å². The van der Waals surface area contributed by atoms with E-state index in [2.05, 4.69) is 12.1 Å². The summed E-state index contributed by atoms with van der Waals surface area (Å²) in [5.41, 5.74) is 3.33. The van der Waals surface area contributed by atoms with E-state index in [0.717, 1.165) is 16.9 Å². The van der Waals surface area contributed by atoms with Crippen LogP contribution in [0, 0.1) is 13.8 Å². The summed E-state index contributed by atoms with van der Waals surface area (Å²) in [6.07, 6.45) is 0.800. The molecule has 1 aromatic carbocycles. The third kappa shape index (κ3) is 4.24. The third-order valence-electron chi connectivity index (χ3n) is 3.30. The van der Waals surface area contributed by atoms with Crippen molar-refractivity contribution in [2.24, 2.45) is 0 Å². The number of hydrogen-bond acceptors (Lipinski definition) is 3. The Morgan fingerprint density at radius 2 is 2.00 bits per heavy atom.